The number of rotatable bonds is 9. The number of fused-ring (bicyclic) bond motifs is 1. The molecule has 4 rings (SSSR count). The third kappa shape index (κ3) is 4.79. The van der Waals surface area contributed by atoms with Gasteiger partial charge in [0.05, 0.1) is 24.0 Å². The number of halogens is 1. The molecule has 0 aliphatic carbocycles. The number of nitrogens with zero attached hydrogens (tertiary/aromatic N) is 4. The molecule has 0 fully saturated rings. The van der Waals surface area contributed by atoms with Crippen molar-refractivity contribution in [3.05, 3.63) is 77.1 Å². The summed E-state index contributed by atoms with van der Waals surface area (Å²) in [5.41, 5.74) is 5.07. The molecule has 0 aliphatic rings. The fourth-order valence-corrected chi connectivity index (χ4v) is 4.69. The average Bonchev–Trinajstić information content (AvgIpc) is 3.16. The Bertz CT molecular complexity index is 1390. The first-order chi connectivity index (χ1) is 17.4. The van der Waals surface area contributed by atoms with Crippen LogP contribution in [0.5, 0.6) is 5.88 Å². The number of benzene rings is 2. The molecule has 0 aliphatic heterocycles. The summed E-state index contributed by atoms with van der Waals surface area (Å²) in [6.07, 6.45) is 1.89. The smallest absolute Gasteiger partial charge is 0.295 e. The molecule has 0 radical (unpaired) electrons. The molecule has 36 heavy (non-hydrogen) atoms. The second kappa shape index (κ2) is 10.8. The summed E-state index contributed by atoms with van der Waals surface area (Å²) in [5.74, 6) is -0.326. The third-order valence-corrected chi connectivity index (χ3v) is 6.64. The lowest BCUT2D eigenvalue weighted by atomic mass is 10.1. The lowest BCUT2D eigenvalue weighted by Crippen LogP contribution is -2.27. The number of hydrogen-bond acceptors (Lipinski definition) is 5. The molecule has 0 saturated heterocycles. The van der Waals surface area contributed by atoms with Gasteiger partial charge < -0.3 is 14.2 Å². The SMILES string of the molecule is CCN(CC)c1ccc2c(c1)c(N(C(=O)C=O)c1ccnc(OC)c1)c(C)n2Cc1ccc(Cl)cc1. The van der Waals surface area contributed by atoms with Crippen molar-refractivity contribution in [2.45, 2.75) is 27.3 Å². The Labute approximate surface area is 215 Å². The monoisotopic (exact) mass is 504 g/mol. The molecular weight excluding hydrogens is 476 g/mol. The summed E-state index contributed by atoms with van der Waals surface area (Å²) in [6, 6.07) is 17.3. The Morgan fingerprint density at radius 1 is 1.06 bits per heavy atom. The largest absolute Gasteiger partial charge is 0.481 e. The van der Waals surface area contributed by atoms with Crippen LogP contribution in [0.2, 0.25) is 5.02 Å². The molecule has 2 heterocycles. The summed E-state index contributed by atoms with van der Waals surface area (Å²) in [7, 11) is 1.51. The highest BCUT2D eigenvalue weighted by Gasteiger charge is 2.26. The van der Waals surface area contributed by atoms with E-state index in [1.165, 1.54) is 12.0 Å². The number of anilines is 3. The van der Waals surface area contributed by atoms with E-state index in [1.54, 1.807) is 18.3 Å². The third-order valence-electron chi connectivity index (χ3n) is 6.39. The molecule has 2 aromatic heterocycles. The van der Waals surface area contributed by atoms with Crippen molar-refractivity contribution in [1.29, 1.82) is 0 Å². The fourth-order valence-electron chi connectivity index (χ4n) is 4.57. The van der Waals surface area contributed by atoms with Gasteiger partial charge in [-0.15, -0.1) is 0 Å². The summed E-state index contributed by atoms with van der Waals surface area (Å²) >= 11 is 6.10. The molecule has 1 amide bonds. The molecule has 186 valence electrons. The average molecular weight is 505 g/mol. The number of aromatic nitrogens is 2. The first-order valence-corrected chi connectivity index (χ1v) is 12.2. The van der Waals surface area contributed by atoms with Crippen LogP contribution in [-0.2, 0) is 16.1 Å². The zero-order chi connectivity index (χ0) is 25.8. The molecule has 0 bridgehead atoms. The number of ether oxygens (including phenoxy) is 1. The van der Waals surface area contributed by atoms with Crippen molar-refractivity contribution in [1.82, 2.24) is 9.55 Å². The predicted molar refractivity (Wildman–Crippen MR) is 145 cm³/mol. The van der Waals surface area contributed by atoms with E-state index < -0.39 is 5.91 Å². The molecule has 4 aromatic rings. The zero-order valence-electron chi connectivity index (χ0n) is 20.9. The van der Waals surface area contributed by atoms with E-state index >= 15 is 0 Å². The van der Waals surface area contributed by atoms with Crippen LogP contribution >= 0.6 is 11.6 Å². The van der Waals surface area contributed by atoms with Crippen LogP contribution in [0, 0.1) is 6.92 Å². The molecule has 0 saturated carbocycles. The predicted octanol–water partition coefficient (Wildman–Crippen LogP) is 5.76. The van der Waals surface area contributed by atoms with Gasteiger partial charge in [-0.25, -0.2) is 4.98 Å². The highest BCUT2D eigenvalue weighted by atomic mass is 35.5. The molecule has 0 atom stereocenters. The summed E-state index contributed by atoms with van der Waals surface area (Å²) < 4.78 is 7.44. The van der Waals surface area contributed by atoms with E-state index in [-0.39, 0.29) is 0 Å². The molecule has 2 aromatic carbocycles. The Morgan fingerprint density at radius 3 is 2.42 bits per heavy atom. The number of carbonyl (C=O) groups excluding carboxylic acids is 2. The van der Waals surface area contributed by atoms with Gasteiger partial charge in [-0.05, 0) is 62.7 Å². The minimum atomic E-state index is -0.676. The normalized spacial score (nSPS) is 10.9. The van der Waals surface area contributed by atoms with Gasteiger partial charge in [-0.3, -0.25) is 14.5 Å². The maximum atomic E-state index is 13.1. The van der Waals surface area contributed by atoms with Gasteiger partial charge in [0, 0.05) is 53.7 Å². The van der Waals surface area contributed by atoms with Crippen molar-refractivity contribution in [2.24, 2.45) is 0 Å². The van der Waals surface area contributed by atoms with E-state index in [0.29, 0.717) is 35.1 Å². The summed E-state index contributed by atoms with van der Waals surface area (Å²) in [4.78, 5) is 32.8. The Kier molecular flexibility index (Phi) is 7.60. The van der Waals surface area contributed by atoms with Gasteiger partial charge in [-0.2, -0.15) is 0 Å². The number of pyridine rings is 1. The van der Waals surface area contributed by atoms with Crippen LogP contribution in [0.15, 0.2) is 60.8 Å². The van der Waals surface area contributed by atoms with E-state index in [4.69, 9.17) is 16.3 Å². The standard InChI is InChI=1S/C28H29ClN4O3/c1-5-31(6-2)22-11-12-25-24(15-22)28(19(3)32(25)17-20-7-9-21(29)10-8-20)33(27(35)18-34)23-13-14-30-26(16-23)36-4/h7-16,18H,5-6,17H2,1-4H3. The highest BCUT2D eigenvalue weighted by molar-refractivity contribution is 6.34. The Morgan fingerprint density at radius 2 is 1.78 bits per heavy atom. The fraction of sp³-hybridized carbons (Fsp3) is 0.250. The van der Waals surface area contributed by atoms with Gasteiger partial charge in [0.15, 0.2) is 0 Å². The Balaban J connectivity index is 1.99. The van der Waals surface area contributed by atoms with E-state index in [9.17, 15) is 9.59 Å². The minimum absolute atomic E-state index is 0.336. The van der Waals surface area contributed by atoms with Crippen molar-refractivity contribution in [3.63, 3.8) is 0 Å². The number of carbonyl (C=O) groups is 2. The minimum Gasteiger partial charge on any atom is -0.481 e. The van der Waals surface area contributed by atoms with Crippen LogP contribution in [0.1, 0.15) is 25.1 Å². The molecule has 0 unspecified atom stereocenters. The summed E-state index contributed by atoms with van der Waals surface area (Å²) in [6.45, 7) is 8.45. The number of aldehydes is 1. The molecule has 0 N–H and O–H groups in total. The van der Waals surface area contributed by atoms with Gasteiger partial charge in [0.1, 0.15) is 0 Å². The van der Waals surface area contributed by atoms with Crippen molar-refractivity contribution >= 4 is 51.8 Å². The molecule has 8 heteroatoms. The lowest BCUT2D eigenvalue weighted by Gasteiger charge is -2.23. The molecule has 0 spiro atoms. The highest BCUT2D eigenvalue weighted by Crippen LogP contribution is 2.40. The van der Waals surface area contributed by atoms with Crippen LogP contribution < -0.4 is 14.5 Å². The van der Waals surface area contributed by atoms with Gasteiger partial charge in [0.25, 0.3) is 5.91 Å². The topological polar surface area (TPSA) is 67.7 Å². The second-order valence-corrected chi connectivity index (χ2v) is 8.80. The van der Waals surface area contributed by atoms with E-state index in [2.05, 4.69) is 46.5 Å². The van der Waals surface area contributed by atoms with E-state index in [0.717, 1.165) is 40.9 Å². The molecular formula is C28H29ClN4O3. The molecule has 7 nitrogen and oxygen atoms in total. The maximum Gasteiger partial charge on any atom is 0.295 e. The van der Waals surface area contributed by atoms with Crippen molar-refractivity contribution < 1.29 is 14.3 Å². The number of amides is 1. The maximum absolute atomic E-state index is 13.1. The quantitative estimate of drug-likeness (QED) is 0.214. The van der Waals surface area contributed by atoms with E-state index in [1.807, 2.05) is 31.2 Å². The first-order valence-electron chi connectivity index (χ1n) is 11.8. The zero-order valence-corrected chi connectivity index (χ0v) is 21.6. The van der Waals surface area contributed by atoms with Gasteiger partial charge in [0.2, 0.25) is 12.2 Å². The van der Waals surface area contributed by atoms with Gasteiger partial charge in [-0.1, -0.05) is 23.7 Å². The van der Waals surface area contributed by atoms with Crippen LogP contribution in [-0.4, -0.2) is 41.9 Å². The van der Waals surface area contributed by atoms with Crippen LogP contribution in [0.25, 0.3) is 10.9 Å². The van der Waals surface area contributed by atoms with Crippen molar-refractivity contribution in [2.75, 3.05) is 30.0 Å². The number of hydrogen-bond donors (Lipinski definition) is 0. The lowest BCUT2D eigenvalue weighted by molar-refractivity contribution is -0.129. The van der Waals surface area contributed by atoms with Crippen LogP contribution in [0.4, 0.5) is 17.1 Å². The first kappa shape index (κ1) is 25.3. The second-order valence-electron chi connectivity index (χ2n) is 8.37. The Hall–Kier alpha value is -3.84. The number of methoxy groups -OCH3 is 1. The summed E-state index contributed by atoms with van der Waals surface area (Å²) in [5, 5.41) is 1.55. The van der Waals surface area contributed by atoms with Gasteiger partial charge >= 0.3 is 0 Å². The van der Waals surface area contributed by atoms with Crippen molar-refractivity contribution in [3.8, 4) is 5.88 Å². The van der Waals surface area contributed by atoms with Crippen LogP contribution in [0.3, 0.4) is 0 Å².